The fourth-order valence-electron chi connectivity index (χ4n) is 2.57. The minimum Gasteiger partial charge on any atom is -0.323 e. The van der Waals surface area contributed by atoms with Gasteiger partial charge in [-0.25, -0.2) is 4.39 Å². The molecule has 0 aliphatic carbocycles. The molecule has 21 heavy (non-hydrogen) atoms. The highest BCUT2D eigenvalue weighted by Crippen LogP contribution is 2.24. The number of fused-ring (bicyclic) bond motifs is 1. The summed E-state index contributed by atoms with van der Waals surface area (Å²) >= 11 is 0. The van der Waals surface area contributed by atoms with E-state index in [9.17, 15) is 9.18 Å². The number of hydrogen-bond donors (Lipinski definition) is 2. The minimum atomic E-state index is -0.312. The van der Waals surface area contributed by atoms with Crippen LogP contribution in [0.15, 0.2) is 24.5 Å². The van der Waals surface area contributed by atoms with E-state index in [-0.39, 0.29) is 23.8 Å². The first-order valence-corrected chi connectivity index (χ1v) is 6.92. The standard InChI is InChI=1S/C15H17FN4O/c1-20-9-10(7-18-20)6-14(21)19-13-3-2-11-8-17-5-4-12(11)15(13)16/h2-3,7,9,17H,4-6,8H2,1H3,(H,19,21). The molecule has 2 aromatic rings. The van der Waals surface area contributed by atoms with Crippen molar-refractivity contribution in [2.75, 3.05) is 11.9 Å². The second kappa shape index (κ2) is 5.65. The zero-order chi connectivity index (χ0) is 14.8. The van der Waals surface area contributed by atoms with Gasteiger partial charge in [0.25, 0.3) is 0 Å². The van der Waals surface area contributed by atoms with Crippen LogP contribution < -0.4 is 10.6 Å². The lowest BCUT2D eigenvalue weighted by Gasteiger charge is -2.19. The molecule has 0 saturated heterocycles. The van der Waals surface area contributed by atoms with Crippen LogP contribution in [-0.4, -0.2) is 22.2 Å². The monoisotopic (exact) mass is 288 g/mol. The summed E-state index contributed by atoms with van der Waals surface area (Å²) in [7, 11) is 1.79. The SMILES string of the molecule is Cn1cc(CC(=O)Nc2ccc3c(c2F)CCNC3)cn1. The molecule has 1 amide bonds. The summed E-state index contributed by atoms with van der Waals surface area (Å²) in [5.41, 5.74) is 2.72. The average molecular weight is 288 g/mol. The maximum Gasteiger partial charge on any atom is 0.228 e. The third-order valence-electron chi connectivity index (χ3n) is 3.60. The number of anilines is 1. The quantitative estimate of drug-likeness (QED) is 0.897. The van der Waals surface area contributed by atoms with E-state index >= 15 is 0 Å². The highest BCUT2D eigenvalue weighted by molar-refractivity contribution is 5.92. The van der Waals surface area contributed by atoms with E-state index in [2.05, 4.69) is 15.7 Å². The Morgan fingerprint density at radius 3 is 3.14 bits per heavy atom. The van der Waals surface area contributed by atoms with E-state index in [1.54, 1.807) is 30.2 Å². The number of carbonyl (C=O) groups excluding carboxylic acids is 1. The summed E-state index contributed by atoms with van der Waals surface area (Å²) in [6, 6.07) is 3.49. The van der Waals surface area contributed by atoms with Crippen LogP contribution in [0.2, 0.25) is 0 Å². The van der Waals surface area contributed by atoms with Crippen molar-refractivity contribution in [3.63, 3.8) is 0 Å². The molecule has 0 saturated carbocycles. The van der Waals surface area contributed by atoms with Gasteiger partial charge in [-0.2, -0.15) is 5.10 Å². The van der Waals surface area contributed by atoms with Crippen LogP contribution in [0.4, 0.5) is 10.1 Å². The predicted octanol–water partition coefficient (Wildman–Crippen LogP) is 1.39. The number of amides is 1. The topological polar surface area (TPSA) is 59.0 Å². The number of carbonyl (C=O) groups is 1. The number of aryl methyl sites for hydroxylation is 1. The van der Waals surface area contributed by atoms with Gasteiger partial charge in [-0.15, -0.1) is 0 Å². The molecule has 0 spiro atoms. The van der Waals surface area contributed by atoms with Crippen LogP contribution in [0.1, 0.15) is 16.7 Å². The van der Waals surface area contributed by atoms with Gasteiger partial charge >= 0.3 is 0 Å². The van der Waals surface area contributed by atoms with E-state index in [1.807, 2.05) is 6.07 Å². The first-order chi connectivity index (χ1) is 10.1. The van der Waals surface area contributed by atoms with Crippen molar-refractivity contribution in [2.45, 2.75) is 19.4 Å². The summed E-state index contributed by atoms with van der Waals surface area (Å²) in [6.07, 6.45) is 4.24. The first-order valence-electron chi connectivity index (χ1n) is 6.92. The number of nitrogens with zero attached hydrogens (tertiary/aromatic N) is 2. The van der Waals surface area contributed by atoms with Crippen LogP contribution in [0.25, 0.3) is 0 Å². The molecule has 0 bridgehead atoms. The third kappa shape index (κ3) is 2.95. The molecule has 3 rings (SSSR count). The largest absolute Gasteiger partial charge is 0.323 e. The molecule has 0 atom stereocenters. The Morgan fingerprint density at radius 2 is 2.38 bits per heavy atom. The molecule has 0 unspecified atom stereocenters. The smallest absolute Gasteiger partial charge is 0.228 e. The fraction of sp³-hybridized carbons (Fsp3) is 0.333. The molecule has 5 nitrogen and oxygen atoms in total. The van der Waals surface area contributed by atoms with Gasteiger partial charge in [0, 0.05) is 19.8 Å². The van der Waals surface area contributed by atoms with Crippen molar-refractivity contribution in [2.24, 2.45) is 7.05 Å². The highest BCUT2D eigenvalue weighted by atomic mass is 19.1. The third-order valence-corrected chi connectivity index (χ3v) is 3.60. The average Bonchev–Trinajstić information content (AvgIpc) is 2.87. The van der Waals surface area contributed by atoms with Crippen molar-refractivity contribution in [1.82, 2.24) is 15.1 Å². The molecule has 2 heterocycles. The van der Waals surface area contributed by atoms with Gasteiger partial charge in [0.15, 0.2) is 0 Å². The number of rotatable bonds is 3. The molecule has 1 aromatic carbocycles. The Balaban J connectivity index is 1.74. The van der Waals surface area contributed by atoms with Gasteiger partial charge in [0.05, 0.1) is 18.3 Å². The minimum absolute atomic E-state index is 0.186. The molecule has 1 aromatic heterocycles. The normalized spacial score (nSPS) is 13.8. The number of nitrogens with one attached hydrogen (secondary N) is 2. The summed E-state index contributed by atoms with van der Waals surface area (Å²) in [4.78, 5) is 12.0. The van der Waals surface area contributed by atoms with Gasteiger partial charge in [-0.3, -0.25) is 9.48 Å². The molecule has 0 fully saturated rings. The van der Waals surface area contributed by atoms with Crippen LogP contribution in [0.5, 0.6) is 0 Å². The Labute approximate surface area is 122 Å². The molecule has 0 radical (unpaired) electrons. The van der Waals surface area contributed by atoms with Gasteiger partial charge in [0.1, 0.15) is 5.82 Å². The summed E-state index contributed by atoms with van der Waals surface area (Å²) in [6.45, 7) is 1.44. The number of aromatic nitrogens is 2. The van der Waals surface area contributed by atoms with E-state index < -0.39 is 0 Å². The van der Waals surface area contributed by atoms with Crippen molar-refractivity contribution >= 4 is 11.6 Å². The highest BCUT2D eigenvalue weighted by Gasteiger charge is 2.17. The first kappa shape index (κ1) is 13.8. The molecular weight excluding hydrogens is 271 g/mol. The maximum absolute atomic E-state index is 14.4. The summed E-state index contributed by atoms with van der Waals surface area (Å²) in [5.74, 6) is -0.552. The fourth-order valence-corrected chi connectivity index (χ4v) is 2.57. The van der Waals surface area contributed by atoms with E-state index in [0.29, 0.717) is 18.5 Å². The van der Waals surface area contributed by atoms with Crippen LogP contribution in [0.3, 0.4) is 0 Å². The van der Waals surface area contributed by atoms with Gasteiger partial charge < -0.3 is 10.6 Å². The molecule has 1 aliphatic heterocycles. The van der Waals surface area contributed by atoms with Crippen LogP contribution in [0, 0.1) is 5.82 Å². The Kier molecular flexibility index (Phi) is 3.70. The van der Waals surface area contributed by atoms with Crippen LogP contribution >= 0.6 is 0 Å². The van der Waals surface area contributed by atoms with Crippen molar-refractivity contribution in [3.8, 4) is 0 Å². The number of benzene rings is 1. The van der Waals surface area contributed by atoms with Crippen molar-refractivity contribution in [1.29, 1.82) is 0 Å². The lowest BCUT2D eigenvalue weighted by molar-refractivity contribution is -0.115. The van der Waals surface area contributed by atoms with Crippen molar-refractivity contribution in [3.05, 3.63) is 47.0 Å². The predicted molar refractivity (Wildman–Crippen MR) is 77.4 cm³/mol. The maximum atomic E-state index is 14.4. The molecule has 2 N–H and O–H groups in total. The molecular formula is C15H17FN4O. The van der Waals surface area contributed by atoms with E-state index in [4.69, 9.17) is 0 Å². The lowest BCUT2D eigenvalue weighted by Crippen LogP contribution is -2.25. The summed E-state index contributed by atoms with van der Waals surface area (Å²) < 4.78 is 16.0. The molecule has 110 valence electrons. The zero-order valence-corrected chi connectivity index (χ0v) is 11.8. The second-order valence-corrected chi connectivity index (χ2v) is 5.24. The van der Waals surface area contributed by atoms with E-state index in [0.717, 1.165) is 17.7 Å². The second-order valence-electron chi connectivity index (χ2n) is 5.24. The molecule has 1 aliphatic rings. The lowest BCUT2D eigenvalue weighted by atomic mass is 9.99. The van der Waals surface area contributed by atoms with Gasteiger partial charge in [-0.05, 0) is 35.7 Å². The number of hydrogen-bond acceptors (Lipinski definition) is 3. The Bertz CT molecular complexity index is 680. The van der Waals surface area contributed by atoms with Crippen LogP contribution in [-0.2, 0) is 31.2 Å². The number of halogens is 1. The Morgan fingerprint density at radius 1 is 1.52 bits per heavy atom. The summed E-state index contributed by atoms with van der Waals surface area (Å²) in [5, 5.41) is 9.85. The Hall–Kier alpha value is -2.21. The molecule has 6 heteroatoms. The van der Waals surface area contributed by atoms with Crippen molar-refractivity contribution < 1.29 is 9.18 Å². The van der Waals surface area contributed by atoms with Gasteiger partial charge in [0.2, 0.25) is 5.91 Å². The van der Waals surface area contributed by atoms with Gasteiger partial charge in [-0.1, -0.05) is 6.07 Å². The van der Waals surface area contributed by atoms with E-state index in [1.165, 1.54) is 0 Å². The zero-order valence-electron chi connectivity index (χ0n) is 11.8.